The number of hydrogen-bond donors (Lipinski definition) is 1. The van der Waals surface area contributed by atoms with Gasteiger partial charge in [-0.25, -0.2) is 9.67 Å². The predicted molar refractivity (Wildman–Crippen MR) is 76.1 cm³/mol. The maximum absolute atomic E-state index is 12.1. The Morgan fingerprint density at radius 2 is 2.00 bits per heavy atom. The Morgan fingerprint density at radius 3 is 2.67 bits per heavy atom. The molecule has 0 saturated carbocycles. The summed E-state index contributed by atoms with van der Waals surface area (Å²) in [6.45, 7) is 1.93. The van der Waals surface area contributed by atoms with E-state index in [1.54, 1.807) is 12.1 Å². The van der Waals surface area contributed by atoms with Crippen LogP contribution >= 0.6 is 0 Å². The number of aryl methyl sites for hydroxylation is 1. The van der Waals surface area contributed by atoms with Gasteiger partial charge in [0.1, 0.15) is 12.7 Å². The van der Waals surface area contributed by atoms with E-state index >= 15 is 0 Å². The standard InChI is InChI=1S/C14H12N6O/c1-10-4-2-3-5-11(10)17-14(21)12-6-7-13(19-18-12)20-9-15-8-16-20/h2-9H,1H3,(H,17,21). The summed E-state index contributed by atoms with van der Waals surface area (Å²) in [6.07, 6.45) is 2.91. The molecule has 0 unspecified atom stereocenters. The first-order valence-electron chi connectivity index (χ1n) is 6.30. The fourth-order valence-electron chi connectivity index (χ4n) is 1.79. The molecule has 7 heteroatoms. The second-order valence-corrected chi connectivity index (χ2v) is 4.39. The highest BCUT2D eigenvalue weighted by atomic mass is 16.1. The number of aromatic nitrogens is 5. The van der Waals surface area contributed by atoms with Crippen LogP contribution in [-0.2, 0) is 0 Å². The first-order valence-corrected chi connectivity index (χ1v) is 6.30. The summed E-state index contributed by atoms with van der Waals surface area (Å²) in [5.41, 5.74) is 1.98. The van der Waals surface area contributed by atoms with Gasteiger partial charge in [-0.1, -0.05) is 18.2 Å². The van der Waals surface area contributed by atoms with Crippen molar-refractivity contribution >= 4 is 11.6 Å². The summed E-state index contributed by atoms with van der Waals surface area (Å²) in [5, 5.41) is 14.6. The number of para-hydroxylation sites is 1. The first-order chi connectivity index (χ1) is 10.2. The number of anilines is 1. The van der Waals surface area contributed by atoms with Gasteiger partial charge in [0.25, 0.3) is 5.91 Å². The molecule has 0 aliphatic carbocycles. The molecule has 7 nitrogen and oxygen atoms in total. The van der Waals surface area contributed by atoms with E-state index in [-0.39, 0.29) is 11.6 Å². The van der Waals surface area contributed by atoms with Crippen LogP contribution < -0.4 is 5.32 Å². The zero-order chi connectivity index (χ0) is 14.7. The number of nitrogens with zero attached hydrogens (tertiary/aromatic N) is 5. The van der Waals surface area contributed by atoms with Crippen molar-refractivity contribution in [2.24, 2.45) is 0 Å². The topological polar surface area (TPSA) is 85.6 Å². The molecule has 1 aromatic carbocycles. The van der Waals surface area contributed by atoms with Gasteiger partial charge in [-0.3, -0.25) is 4.79 Å². The van der Waals surface area contributed by atoms with Gasteiger partial charge in [0.2, 0.25) is 0 Å². The third kappa shape index (κ3) is 2.76. The van der Waals surface area contributed by atoms with Gasteiger partial charge in [-0.05, 0) is 30.7 Å². The van der Waals surface area contributed by atoms with Gasteiger partial charge in [-0.2, -0.15) is 5.10 Å². The molecular formula is C14H12N6O. The smallest absolute Gasteiger partial charge is 0.276 e. The molecule has 104 valence electrons. The Labute approximate surface area is 120 Å². The molecule has 1 amide bonds. The molecule has 1 N–H and O–H groups in total. The quantitative estimate of drug-likeness (QED) is 0.788. The van der Waals surface area contributed by atoms with Crippen LogP contribution in [0.1, 0.15) is 16.1 Å². The summed E-state index contributed by atoms with van der Waals surface area (Å²) in [4.78, 5) is 15.9. The van der Waals surface area contributed by atoms with Crippen molar-refractivity contribution in [2.75, 3.05) is 5.32 Å². The lowest BCUT2D eigenvalue weighted by Crippen LogP contribution is -2.15. The van der Waals surface area contributed by atoms with Crippen molar-refractivity contribution in [1.29, 1.82) is 0 Å². The third-order valence-corrected chi connectivity index (χ3v) is 2.93. The Kier molecular flexibility index (Phi) is 3.38. The van der Waals surface area contributed by atoms with Crippen molar-refractivity contribution in [1.82, 2.24) is 25.0 Å². The highest BCUT2D eigenvalue weighted by Gasteiger charge is 2.10. The van der Waals surface area contributed by atoms with Gasteiger partial charge < -0.3 is 5.32 Å². The fraction of sp³-hybridized carbons (Fsp3) is 0.0714. The molecular weight excluding hydrogens is 268 g/mol. The van der Waals surface area contributed by atoms with E-state index < -0.39 is 0 Å². The molecule has 0 radical (unpaired) electrons. The van der Waals surface area contributed by atoms with Crippen LogP contribution in [-0.4, -0.2) is 30.9 Å². The molecule has 3 rings (SSSR count). The van der Waals surface area contributed by atoms with Crippen molar-refractivity contribution < 1.29 is 4.79 Å². The molecule has 0 aliphatic heterocycles. The molecule has 0 fully saturated rings. The third-order valence-electron chi connectivity index (χ3n) is 2.93. The maximum Gasteiger partial charge on any atom is 0.276 e. The minimum Gasteiger partial charge on any atom is -0.320 e. The van der Waals surface area contributed by atoms with Gasteiger partial charge >= 0.3 is 0 Å². The van der Waals surface area contributed by atoms with Gasteiger partial charge in [0.05, 0.1) is 0 Å². The minimum atomic E-state index is -0.304. The first kappa shape index (κ1) is 12.9. The Hall–Kier alpha value is -3.09. The molecule has 0 saturated heterocycles. The summed E-state index contributed by atoms with van der Waals surface area (Å²) < 4.78 is 1.47. The summed E-state index contributed by atoms with van der Waals surface area (Å²) in [5.74, 6) is 0.196. The van der Waals surface area contributed by atoms with Crippen molar-refractivity contribution in [3.63, 3.8) is 0 Å². The summed E-state index contributed by atoms with van der Waals surface area (Å²) in [6, 6.07) is 10.8. The Balaban J connectivity index is 1.78. The number of benzene rings is 1. The van der Waals surface area contributed by atoms with E-state index in [0.717, 1.165) is 11.3 Å². The van der Waals surface area contributed by atoms with Crippen molar-refractivity contribution in [3.05, 3.63) is 60.3 Å². The number of carbonyl (C=O) groups excluding carboxylic acids is 1. The molecule has 0 spiro atoms. The average Bonchev–Trinajstić information content (AvgIpc) is 3.04. The molecule has 3 aromatic rings. The van der Waals surface area contributed by atoms with Crippen LogP contribution in [0, 0.1) is 6.92 Å². The Morgan fingerprint density at radius 1 is 1.14 bits per heavy atom. The molecule has 0 bridgehead atoms. The van der Waals surface area contributed by atoms with Crippen LogP contribution in [0.4, 0.5) is 5.69 Å². The molecule has 0 atom stereocenters. The minimum absolute atomic E-state index is 0.238. The van der Waals surface area contributed by atoms with Gasteiger partial charge in [0, 0.05) is 5.69 Å². The van der Waals surface area contributed by atoms with Crippen LogP contribution in [0.2, 0.25) is 0 Å². The number of amides is 1. The lowest BCUT2D eigenvalue weighted by atomic mass is 10.2. The van der Waals surface area contributed by atoms with Crippen molar-refractivity contribution in [3.8, 4) is 5.82 Å². The monoisotopic (exact) mass is 280 g/mol. The van der Waals surface area contributed by atoms with E-state index in [4.69, 9.17) is 0 Å². The Bertz CT molecular complexity index is 751. The van der Waals surface area contributed by atoms with Gasteiger partial charge in [0.15, 0.2) is 11.5 Å². The highest BCUT2D eigenvalue weighted by Crippen LogP contribution is 2.14. The van der Waals surface area contributed by atoms with Crippen LogP contribution in [0.15, 0.2) is 49.1 Å². The zero-order valence-corrected chi connectivity index (χ0v) is 11.3. The van der Waals surface area contributed by atoms with Gasteiger partial charge in [-0.15, -0.1) is 10.2 Å². The number of hydrogen-bond acceptors (Lipinski definition) is 5. The average molecular weight is 280 g/mol. The summed E-state index contributed by atoms with van der Waals surface area (Å²) >= 11 is 0. The van der Waals surface area contributed by atoms with E-state index in [1.165, 1.54) is 17.3 Å². The molecule has 0 aliphatic rings. The van der Waals surface area contributed by atoms with Crippen LogP contribution in [0.3, 0.4) is 0 Å². The van der Waals surface area contributed by atoms with Crippen molar-refractivity contribution in [2.45, 2.75) is 6.92 Å². The number of carbonyl (C=O) groups is 1. The second kappa shape index (κ2) is 5.49. The van der Waals surface area contributed by atoms with E-state index in [1.807, 2.05) is 31.2 Å². The van der Waals surface area contributed by atoms with E-state index in [0.29, 0.717) is 5.82 Å². The predicted octanol–water partition coefficient (Wildman–Crippen LogP) is 1.62. The van der Waals surface area contributed by atoms with Crippen LogP contribution in [0.5, 0.6) is 0 Å². The normalized spacial score (nSPS) is 10.3. The fourth-order valence-corrected chi connectivity index (χ4v) is 1.79. The lowest BCUT2D eigenvalue weighted by Gasteiger charge is -2.07. The largest absolute Gasteiger partial charge is 0.320 e. The molecule has 21 heavy (non-hydrogen) atoms. The molecule has 2 aromatic heterocycles. The van der Waals surface area contributed by atoms with E-state index in [9.17, 15) is 4.79 Å². The summed E-state index contributed by atoms with van der Waals surface area (Å²) in [7, 11) is 0. The number of nitrogens with one attached hydrogen (secondary N) is 1. The highest BCUT2D eigenvalue weighted by molar-refractivity contribution is 6.03. The number of rotatable bonds is 3. The zero-order valence-electron chi connectivity index (χ0n) is 11.3. The lowest BCUT2D eigenvalue weighted by molar-refractivity contribution is 0.102. The maximum atomic E-state index is 12.1. The SMILES string of the molecule is Cc1ccccc1NC(=O)c1ccc(-n2cncn2)nn1. The van der Waals surface area contributed by atoms with E-state index in [2.05, 4.69) is 25.6 Å². The van der Waals surface area contributed by atoms with Crippen LogP contribution in [0.25, 0.3) is 5.82 Å². The molecule has 2 heterocycles. The second-order valence-electron chi connectivity index (χ2n) is 4.39.